The minimum absolute atomic E-state index is 0.00693. The van der Waals surface area contributed by atoms with E-state index in [-0.39, 0.29) is 12.2 Å². The van der Waals surface area contributed by atoms with Crippen molar-refractivity contribution in [3.63, 3.8) is 0 Å². The van der Waals surface area contributed by atoms with Crippen molar-refractivity contribution in [2.45, 2.75) is 12.3 Å². The number of halogens is 3. The van der Waals surface area contributed by atoms with E-state index < -0.39 is 23.9 Å². The van der Waals surface area contributed by atoms with Crippen molar-refractivity contribution in [1.82, 2.24) is 5.32 Å². The first-order valence-electron chi connectivity index (χ1n) is 6.30. The van der Waals surface area contributed by atoms with Crippen LogP contribution in [0.5, 0.6) is 0 Å². The average molecular weight is 330 g/mol. The fraction of sp³-hybridized carbons (Fsp3) is 0.214. The molecule has 0 saturated carbocycles. The van der Waals surface area contributed by atoms with Gasteiger partial charge in [0.1, 0.15) is 6.10 Å². The Morgan fingerprint density at radius 2 is 1.91 bits per heavy atom. The van der Waals surface area contributed by atoms with Crippen LogP contribution < -0.4 is 10.6 Å². The smallest absolute Gasteiger partial charge is 0.386 e. The summed E-state index contributed by atoms with van der Waals surface area (Å²) in [5.74, 6) is 0. The van der Waals surface area contributed by atoms with Crippen LogP contribution in [0.1, 0.15) is 16.5 Å². The maximum Gasteiger partial charge on any atom is 0.416 e. The monoisotopic (exact) mass is 330 g/mol. The highest BCUT2D eigenvalue weighted by Gasteiger charge is 2.29. The number of amides is 2. The Kier molecular flexibility index (Phi) is 5.04. The van der Waals surface area contributed by atoms with Crippen molar-refractivity contribution in [1.29, 1.82) is 0 Å². The Hall–Kier alpha value is -2.06. The standard InChI is InChI=1S/C14H13F3N2O2S/c15-14(16,17)9-3-5-10(6-4-9)19-13(21)18-8-11(20)12-2-1-7-22-12/h1-7,11,20H,8H2,(H2,18,19,21). The third-order valence-corrected chi connectivity index (χ3v) is 3.77. The number of carbonyl (C=O) groups excluding carboxylic acids is 1. The highest BCUT2D eigenvalue weighted by atomic mass is 32.1. The first-order chi connectivity index (χ1) is 10.4. The van der Waals surface area contributed by atoms with E-state index in [1.54, 1.807) is 17.5 Å². The molecule has 0 aliphatic rings. The van der Waals surface area contributed by atoms with Gasteiger partial charge in [-0.25, -0.2) is 4.79 Å². The van der Waals surface area contributed by atoms with Crippen LogP contribution in [-0.4, -0.2) is 17.7 Å². The fourth-order valence-electron chi connectivity index (χ4n) is 1.69. The van der Waals surface area contributed by atoms with Gasteiger partial charge < -0.3 is 15.7 Å². The van der Waals surface area contributed by atoms with Gasteiger partial charge >= 0.3 is 12.2 Å². The van der Waals surface area contributed by atoms with Gasteiger partial charge in [0.15, 0.2) is 0 Å². The lowest BCUT2D eigenvalue weighted by molar-refractivity contribution is -0.137. The molecule has 0 spiro atoms. The number of nitrogens with one attached hydrogen (secondary N) is 2. The Bertz CT molecular complexity index is 612. The van der Waals surface area contributed by atoms with Crippen LogP contribution in [0.25, 0.3) is 0 Å². The normalized spacial score (nSPS) is 12.7. The third kappa shape index (κ3) is 4.47. The number of aliphatic hydroxyl groups excluding tert-OH is 1. The molecule has 1 aromatic heterocycles. The number of thiophene rings is 1. The molecule has 3 N–H and O–H groups in total. The quantitative estimate of drug-likeness (QED) is 0.802. The molecule has 0 aliphatic carbocycles. The first-order valence-corrected chi connectivity index (χ1v) is 7.18. The van der Waals surface area contributed by atoms with Crippen LogP contribution in [0.15, 0.2) is 41.8 Å². The van der Waals surface area contributed by atoms with Crippen LogP contribution >= 0.6 is 11.3 Å². The molecular weight excluding hydrogens is 317 g/mol. The predicted molar refractivity (Wildman–Crippen MR) is 77.7 cm³/mol. The molecule has 1 atom stereocenters. The zero-order valence-corrected chi connectivity index (χ0v) is 12.0. The number of rotatable bonds is 4. The number of hydrogen-bond acceptors (Lipinski definition) is 3. The zero-order valence-electron chi connectivity index (χ0n) is 11.2. The summed E-state index contributed by atoms with van der Waals surface area (Å²) in [5.41, 5.74) is -0.553. The Morgan fingerprint density at radius 3 is 2.45 bits per heavy atom. The molecule has 0 aliphatic heterocycles. The van der Waals surface area contributed by atoms with Gasteiger partial charge in [-0.2, -0.15) is 13.2 Å². The number of carbonyl (C=O) groups is 1. The maximum atomic E-state index is 12.4. The molecule has 1 heterocycles. The number of hydrogen-bond donors (Lipinski definition) is 3. The van der Waals surface area contributed by atoms with Gasteiger partial charge in [-0.3, -0.25) is 0 Å². The summed E-state index contributed by atoms with van der Waals surface area (Å²) in [7, 11) is 0. The van der Waals surface area contributed by atoms with E-state index in [1.807, 2.05) is 0 Å². The number of alkyl halides is 3. The Balaban J connectivity index is 1.84. The summed E-state index contributed by atoms with van der Waals surface area (Å²) in [4.78, 5) is 12.3. The molecule has 2 aromatic rings. The summed E-state index contributed by atoms with van der Waals surface area (Å²) in [6.45, 7) is 0.00693. The first kappa shape index (κ1) is 16.3. The minimum Gasteiger partial charge on any atom is -0.386 e. The van der Waals surface area contributed by atoms with Gasteiger partial charge in [0.2, 0.25) is 0 Å². The van der Waals surface area contributed by atoms with Gasteiger partial charge in [-0.05, 0) is 35.7 Å². The summed E-state index contributed by atoms with van der Waals surface area (Å²) in [6.07, 6.45) is -5.23. The lowest BCUT2D eigenvalue weighted by atomic mass is 10.2. The van der Waals surface area contributed by atoms with E-state index in [9.17, 15) is 23.1 Å². The number of urea groups is 1. The molecule has 22 heavy (non-hydrogen) atoms. The molecule has 1 aromatic carbocycles. The second-order valence-corrected chi connectivity index (χ2v) is 5.42. The summed E-state index contributed by atoms with van der Waals surface area (Å²) < 4.78 is 37.2. The SMILES string of the molecule is O=C(NCC(O)c1cccs1)Nc1ccc(C(F)(F)F)cc1. The highest BCUT2D eigenvalue weighted by Crippen LogP contribution is 2.29. The van der Waals surface area contributed by atoms with Gasteiger partial charge in [0, 0.05) is 10.6 Å². The van der Waals surface area contributed by atoms with Crippen LogP contribution in [0.4, 0.5) is 23.7 Å². The third-order valence-electron chi connectivity index (χ3n) is 2.80. The molecule has 2 amide bonds. The van der Waals surface area contributed by atoms with E-state index in [0.717, 1.165) is 29.1 Å². The van der Waals surface area contributed by atoms with Gasteiger partial charge in [-0.15, -0.1) is 11.3 Å². The largest absolute Gasteiger partial charge is 0.416 e. The van der Waals surface area contributed by atoms with E-state index >= 15 is 0 Å². The van der Waals surface area contributed by atoms with Crippen LogP contribution in [0.3, 0.4) is 0 Å². The van der Waals surface area contributed by atoms with E-state index in [4.69, 9.17) is 0 Å². The lowest BCUT2D eigenvalue weighted by Gasteiger charge is -2.12. The molecular formula is C14H13F3N2O2S. The van der Waals surface area contributed by atoms with Crippen molar-refractivity contribution >= 4 is 23.1 Å². The van der Waals surface area contributed by atoms with E-state index in [1.165, 1.54) is 11.3 Å². The molecule has 0 fully saturated rings. The van der Waals surface area contributed by atoms with Crippen LogP contribution in [-0.2, 0) is 6.18 Å². The van der Waals surface area contributed by atoms with Gasteiger partial charge in [-0.1, -0.05) is 6.07 Å². The number of benzene rings is 1. The minimum atomic E-state index is -4.41. The predicted octanol–water partition coefficient (Wildman–Crippen LogP) is 3.62. The maximum absolute atomic E-state index is 12.4. The number of aliphatic hydroxyl groups is 1. The van der Waals surface area contributed by atoms with Crippen molar-refractivity contribution in [2.24, 2.45) is 0 Å². The Labute approximate surface area is 128 Å². The van der Waals surface area contributed by atoms with E-state index in [0.29, 0.717) is 0 Å². The molecule has 1 unspecified atom stereocenters. The molecule has 118 valence electrons. The number of anilines is 1. The van der Waals surface area contributed by atoms with Crippen molar-refractivity contribution in [2.75, 3.05) is 11.9 Å². The molecule has 4 nitrogen and oxygen atoms in total. The molecule has 8 heteroatoms. The van der Waals surface area contributed by atoms with Crippen molar-refractivity contribution < 1.29 is 23.1 Å². The van der Waals surface area contributed by atoms with Crippen LogP contribution in [0, 0.1) is 0 Å². The average Bonchev–Trinajstić information content (AvgIpc) is 2.98. The van der Waals surface area contributed by atoms with Crippen LogP contribution in [0.2, 0.25) is 0 Å². The van der Waals surface area contributed by atoms with Crippen molar-refractivity contribution in [3.8, 4) is 0 Å². The van der Waals surface area contributed by atoms with E-state index in [2.05, 4.69) is 10.6 Å². The fourth-order valence-corrected chi connectivity index (χ4v) is 2.40. The lowest BCUT2D eigenvalue weighted by Crippen LogP contribution is -2.32. The molecule has 0 bridgehead atoms. The second-order valence-electron chi connectivity index (χ2n) is 4.44. The summed E-state index contributed by atoms with van der Waals surface area (Å²) in [5, 5.41) is 16.4. The molecule has 0 saturated heterocycles. The summed E-state index contributed by atoms with van der Waals surface area (Å²) >= 11 is 1.36. The van der Waals surface area contributed by atoms with Crippen molar-refractivity contribution in [3.05, 3.63) is 52.2 Å². The second kappa shape index (κ2) is 6.80. The molecule has 0 radical (unpaired) electrons. The summed E-state index contributed by atoms with van der Waals surface area (Å²) in [6, 6.07) is 7.02. The van der Waals surface area contributed by atoms with Gasteiger partial charge in [0.25, 0.3) is 0 Å². The zero-order chi connectivity index (χ0) is 16.2. The topological polar surface area (TPSA) is 61.4 Å². The Morgan fingerprint density at radius 1 is 1.23 bits per heavy atom. The van der Waals surface area contributed by atoms with Gasteiger partial charge in [0.05, 0.1) is 12.1 Å². The highest BCUT2D eigenvalue weighted by molar-refractivity contribution is 7.10. The molecule has 2 rings (SSSR count).